The van der Waals surface area contributed by atoms with Crippen LogP contribution in [0, 0.1) is 5.82 Å². The highest BCUT2D eigenvalue weighted by atomic mass is 19.1. The second-order valence-corrected chi connectivity index (χ2v) is 6.58. The average Bonchev–Trinajstić information content (AvgIpc) is 3.14. The quantitative estimate of drug-likeness (QED) is 0.637. The van der Waals surface area contributed by atoms with Crippen molar-refractivity contribution in [3.8, 4) is 17.3 Å². The first-order valence-corrected chi connectivity index (χ1v) is 9.33. The average molecular weight is 413 g/mol. The number of hydrogen-bond acceptors (Lipinski definition) is 8. The summed E-state index contributed by atoms with van der Waals surface area (Å²) < 4.78 is 25.7. The van der Waals surface area contributed by atoms with Crippen LogP contribution in [0.5, 0.6) is 5.88 Å². The van der Waals surface area contributed by atoms with E-state index in [1.165, 1.54) is 18.3 Å². The van der Waals surface area contributed by atoms with Gasteiger partial charge >= 0.3 is 0 Å². The Bertz CT molecular complexity index is 1000. The van der Waals surface area contributed by atoms with Crippen molar-refractivity contribution in [1.82, 2.24) is 35.4 Å². The molecule has 0 aliphatic carbocycles. The van der Waals surface area contributed by atoms with E-state index in [1.807, 2.05) is 5.01 Å². The number of carbonyl (C=O) groups is 1. The maximum Gasteiger partial charge on any atom is 0.267 e. The van der Waals surface area contributed by atoms with E-state index in [0.717, 1.165) is 6.20 Å². The van der Waals surface area contributed by atoms with Crippen LogP contribution in [0.2, 0.25) is 0 Å². The normalized spacial score (nSPS) is 14.5. The molecule has 0 bridgehead atoms. The molecule has 4 heterocycles. The highest BCUT2D eigenvalue weighted by Crippen LogP contribution is 2.20. The Morgan fingerprint density at radius 3 is 2.73 bits per heavy atom. The smallest absolute Gasteiger partial charge is 0.267 e. The summed E-state index contributed by atoms with van der Waals surface area (Å²) in [5.41, 5.74) is 4.90. The van der Waals surface area contributed by atoms with Crippen LogP contribution in [0.4, 0.5) is 4.39 Å². The van der Waals surface area contributed by atoms with E-state index in [4.69, 9.17) is 9.47 Å². The topological polar surface area (TPSA) is 107 Å². The zero-order valence-electron chi connectivity index (χ0n) is 16.3. The molecule has 1 N–H and O–H groups in total. The molecule has 4 rings (SSSR count). The monoisotopic (exact) mass is 413 g/mol. The van der Waals surface area contributed by atoms with Gasteiger partial charge in [-0.1, -0.05) is 5.21 Å². The minimum atomic E-state index is -0.428. The molecule has 1 amide bonds. The summed E-state index contributed by atoms with van der Waals surface area (Å²) in [5.74, 6) is -0.323. The second-order valence-electron chi connectivity index (χ2n) is 6.58. The van der Waals surface area contributed by atoms with Gasteiger partial charge in [0.2, 0.25) is 5.88 Å². The molecule has 3 aromatic rings. The molecule has 156 valence electrons. The van der Waals surface area contributed by atoms with Crippen molar-refractivity contribution in [2.45, 2.75) is 6.61 Å². The van der Waals surface area contributed by atoms with Crippen LogP contribution in [0.25, 0.3) is 11.4 Å². The van der Waals surface area contributed by atoms with E-state index >= 15 is 0 Å². The molecule has 0 spiro atoms. The van der Waals surface area contributed by atoms with Crippen molar-refractivity contribution in [3.05, 3.63) is 53.7 Å². The number of rotatable bonds is 6. The number of morpholine rings is 1. The van der Waals surface area contributed by atoms with E-state index in [0.29, 0.717) is 54.8 Å². The van der Waals surface area contributed by atoms with E-state index in [-0.39, 0.29) is 12.5 Å². The van der Waals surface area contributed by atoms with E-state index < -0.39 is 5.82 Å². The largest absolute Gasteiger partial charge is 0.471 e. The van der Waals surface area contributed by atoms with Gasteiger partial charge in [-0.05, 0) is 18.2 Å². The molecular formula is C19H20FN7O3. The van der Waals surface area contributed by atoms with Crippen LogP contribution in [0.15, 0.2) is 36.7 Å². The van der Waals surface area contributed by atoms with Crippen molar-refractivity contribution in [2.24, 2.45) is 7.05 Å². The number of nitrogens with one attached hydrogen (secondary N) is 1. The van der Waals surface area contributed by atoms with Crippen LogP contribution in [-0.4, -0.2) is 62.2 Å². The van der Waals surface area contributed by atoms with Gasteiger partial charge in [0.15, 0.2) is 0 Å². The molecule has 3 aromatic heterocycles. The van der Waals surface area contributed by atoms with Gasteiger partial charge in [-0.15, -0.1) is 5.10 Å². The summed E-state index contributed by atoms with van der Waals surface area (Å²) >= 11 is 0. The highest BCUT2D eigenvalue weighted by Gasteiger charge is 2.17. The molecule has 0 unspecified atom stereocenters. The lowest BCUT2D eigenvalue weighted by Crippen LogP contribution is -2.48. The third-order valence-corrected chi connectivity index (χ3v) is 4.54. The first kappa shape index (κ1) is 19.9. The molecule has 0 aromatic carbocycles. The highest BCUT2D eigenvalue weighted by molar-refractivity contribution is 5.93. The number of pyridine rings is 2. The van der Waals surface area contributed by atoms with Crippen LogP contribution < -0.4 is 10.2 Å². The minimum absolute atomic E-state index is 0.129. The lowest BCUT2D eigenvalue weighted by atomic mass is 10.2. The lowest BCUT2D eigenvalue weighted by Gasteiger charge is -2.26. The Morgan fingerprint density at radius 2 is 2.03 bits per heavy atom. The van der Waals surface area contributed by atoms with Crippen LogP contribution in [-0.2, 0) is 18.4 Å². The molecule has 0 atom stereocenters. The molecule has 0 radical (unpaired) electrons. The predicted octanol–water partition coefficient (Wildman–Crippen LogP) is 0.967. The summed E-state index contributed by atoms with van der Waals surface area (Å²) in [5, 5.41) is 9.88. The fourth-order valence-electron chi connectivity index (χ4n) is 2.88. The van der Waals surface area contributed by atoms with Gasteiger partial charge in [-0.25, -0.2) is 19.1 Å². The van der Waals surface area contributed by atoms with Crippen LogP contribution >= 0.6 is 0 Å². The molecule has 0 saturated carbocycles. The molecule has 1 saturated heterocycles. The molecular weight excluding hydrogens is 393 g/mol. The Morgan fingerprint density at radius 1 is 1.20 bits per heavy atom. The van der Waals surface area contributed by atoms with Crippen LogP contribution in [0.1, 0.15) is 16.1 Å². The number of amides is 1. The summed E-state index contributed by atoms with van der Waals surface area (Å²) in [6.07, 6.45) is 2.58. The number of hydrogen-bond donors (Lipinski definition) is 1. The zero-order chi connectivity index (χ0) is 20.9. The molecule has 11 heteroatoms. The van der Waals surface area contributed by atoms with Crippen LogP contribution in [0.3, 0.4) is 0 Å². The zero-order valence-corrected chi connectivity index (χ0v) is 16.3. The van der Waals surface area contributed by atoms with Gasteiger partial charge in [-0.2, -0.15) is 0 Å². The van der Waals surface area contributed by atoms with E-state index in [9.17, 15) is 9.18 Å². The van der Waals surface area contributed by atoms with Gasteiger partial charge in [0.25, 0.3) is 5.91 Å². The fraction of sp³-hybridized carbons (Fsp3) is 0.316. The molecule has 1 aliphatic rings. The molecule has 30 heavy (non-hydrogen) atoms. The van der Waals surface area contributed by atoms with Crippen molar-refractivity contribution < 1.29 is 18.7 Å². The number of carbonyl (C=O) groups excluding carboxylic acids is 1. The van der Waals surface area contributed by atoms with Crippen molar-refractivity contribution >= 4 is 5.91 Å². The van der Waals surface area contributed by atoms with Gasteiger partial charge in [0.05, 0.1) is 30.7 Å². The number of hydrazine groups is 1. The van der Waals surface area contributed by atoms with E-state index in [2.05, 4.69) is 25.7 Å². The molecule has 1 fully saturated rings. The number of aromatic nitrogens is 5. The van der Waals surface area contributed by atoms with Gasteiger partial charge < -0.3 is 9.47 Å². The van der Waals surface area contributed by atoms with E-state index in [1.54, 1.807) is 23.9 Å². The molecule has 1 aliphatic heterocycles. The number of halogens is 1. The number of ether oxygens (including phenoxy) is 2. The van der Waals surface area contributed by atoms with Crippen molar-refractivity contribution in [2.75, 3.05) is 26.3 Å². The maximum atomic E-state index is 13.1. The van der Waals surface area contributed by atoms with Gasteiger partial charge in [-0.3, -0.25) is 15.2 Å². The first-order chi connectivity index (χ1) is 14.6. The summed E-state index contributed by atoms with van der Waals surface area (Å²) in [4.78, 5) is 20.5. The Hall–Kier alpha value is -3.44. The standard InChI is InChI=1S/C19H20FN7O3/c1-26-16(18(23-25-26)15-4-3-14(20)11-21-15)12-30-17-5-2-13(10-22-17)19(28)24-27-6-8-29-9-7-27/h2-5,10-11H,6-9,12H2,1H3,(H,24,28). The Labute approximate surface area is 171 Å². The van der Waals surface area contributed by atoms with Crippen molar-refractivity contribution in [3.63, 3.8) is 0 Å². The minimum Gasteiger partial charge on any atom is -0.471 e. The third-order valence-electron chi connectivity index (χ3n) is 4.54. The summed E-state index contributed by atoms with van der Waals surface area (Å²) in [6.45, 7) is 2.59. The maximum absolute atomic E-state index is 13.1. The number of nitrogens with zero attached hydrogens (tertiary/aromatic N) is 6. The Kier molecular flexibility index (Phi) is 5.91. The summed E-state index contributed by atoms with van der Waals surface area (Å²) in [7, 11) is 1.73. The summed E-state index contributed by atoms with van der Waals surface area (Å²) in [6, 6.07) is 6.10. The predicted molar refractivity (Wildman–Crippen MR) is 103 cm³/mol. The first-order valence-electron chi connectivity index (χ1n) is 9.33. The third kappa shape index (κ3) is 4.58. The SMILES string of the molecule is Cn1nnc(-c2ccc(F)cn2)c1COc1ccc(C(=O)NN2CCOCC2)cn1. The molecule has 10 nitrogen and oxygen atoms in total. The van der Waals surface area contributed by atoms with Gasteiger partial charge in [0.1, 0.15) is 23.8 Å². The number of aryl methyl sites for hydroxylation is 1. The van der Waals surface area contributed by atoms with Gasteiger partial charge in [0, 0.05) is 32.4 Å². The lowest BCUT2D eigenvalue weighted by molar-refractivity contribution is 0.0126. The fourth-order valence-corrected chi connectivity index (χ4v) is 2.88. The Balaban J connectivity index is 1.39. The van der Waals surface area contributed by atoms with Crippen molar-refractivity contribution in [1.29, 1.82) is 0 Å². The second kappa shape index (κ2) is 8.93.